The van der Waals surface area contributed by atoms with Gasteiger partial charge in [0.15, 0.2) is 5.82 Å². The minimum atomic E-state index is 0.585. The van der Waals surface area contributed by atoms with Crippen LogP contribution < -0.4 is 16.2 Å². The molecule has 1 fully saturated rings. The van der Waals surface area contributed by atoms with Crippen LogP contribution in [-0.4, -0.2) is 36.8 Å². The van der Waals surface area contributed by atoms with Gasteiger partial charge in [0, 0.05) is 26.1 Å². The Hall–Kier alpha value is -1.40. The number of hydrogen-bond donors (Lipinski definition) is 2. The molecule has 3 N–H and O–H groups in total. The Morgan fingerprint density at radius 1 is 1.62 bits per heavy atom. The molecule has 0 spiro atoms. The lowest BCUT2D eigenvalue weighted by molar-refractivity contribution is 0.161. The third-order valence-electron chi connectivity index (χ3n) is 2.78. The van der Waals surface area contributed by atoms with E-state index >= 15 is 0 Å². The number of anilines is 2. The smallest absolute Gasteiger partial charge is 0.160 e. The van der Waals surface area contributed by atoms with Gasteiger partial charge in [-0.15, -0.1) is 0 Å². The summed E-state index contributed by atoms with van der Waals surface area (Å²) in [4.78, 5) is 10.7. The summed E-state index contributed by atoms with van der Waals surface area (Å²) < 4.78 is 5.16. The summed E-state index contributed by atoms with van der Waals surface area (Å²) in [6.45, 7) is 2.77. The van der Waals surface area contributed by atoms with Crippen molar-refractivity contribution in [1.82, 2.24) is 9.97 Å². The van der Waals surface area contributed by atoms with E-state index in [0.717, 1.165) is 31.9 Å². The van der Waals surface area contributed by atoms with Crippen molar-refractivity contribution in [2.24, 2.45) is 11.8 Å². The van der Waals surface area contributed by atoms with Crippen LogP contribution in [0.3, 0.4) is 0 Å². The summed E-state index contributed by atoms with van der Waals surface area (Å²) in [6, 6.07) is 0. The Morgan fingerprint density at radius 2 is 2.50 bits per heavy atom. The Balaban J connectivity index is 2.02. The van der Waals surface area contributed by atoms with Crippen molar-refractivity contribution >= 4 is 11.6 Å². The molecule has 1 aromatic rings. The van der Waals surface area contributed by atoms with E-state index in [1.807, 2.05) is 0 Å². The van der Waals surface area contributed by atoms with E-state index in [2.05, 4.69) is 20.3 Å². The Kier molecular flexibility index (Phi) is 3.53. The number of ether oxygens (including phenoxy) is 1. The molecular weight excluding hydrogens is 206 g/mol. The fraction of sp³-hybridized carbons (Fsp3) is 0.600. The molecule has 88 valence electrons. The first-order chi connectivity index (χ1) is 7.83. The molecule has 1 saturated heterocycles. The largest absolute Gasteiger partial charge is 0.384 e. The van der Waals surface area contributed by atoms with Gasteiger partial charge >= 0.3 is 0 Å². The molecular formula is C10H17N5O. The highest BCUT2D eigenvalue weighted by molar-refractivity contribution is 5.43. The SMILES string of the molecule is COCC1CCN(c2cncc(NN)n2)C1. The average Bonchev–Trinajstić information content (AvgIpc) is 2.78. The van der Waals surface area contributed by atoms with Gasteiger partial charge in [0.2, 0.25) is 0 Å². The number of methoxy groups -OCH3 is 1. The minimum Gasteiger partial charge on any atom is -0.384 e. The Morgan fingerprint density at radius 3 is 3.25 bits per heavy atom. The van der Waals surface area contributed by atoms with Crippen LogP contribution in [0.4, 0.5) is 11.6 Å². The molecule has 0 aromatic carbocycles. The first kappa shape index (κ1) is 11.1. The summed E-state index contributed by atoms with van der Waals surface area (Å²) in [5, 5.41) is 0. The molecule has 0 amide bonds. The van der Waals surface area contributed by atoms with Crippen LogP contribution in [0.5, 0.6) is 0 Å². The van der Waals surface area contributed by atoms with Crippen molar-refractivity contribution in [3.05, 3.63) is 12.4 Å². The van der Waals surface area contributed by atoms with Gasteiger partial charge in [0.05, 0.1) is 19.0 Å². The number of hydrazine groups is 1. The van der Waals surface area contributed by atoms with Crippen LogP contribution in [-0.2, 0) is 4.74 Å². The second kappa shape index (κ2) is 5.09. The molecule has 1 aliphatic heterocycles. The topological polar surface area (TPSA) is 76.3 Å². The maximum absolute atomic E-state index is 5.30. The second-order valence-corrected chi connectivity index (χ2v) is 3.96. The predicted octanol–water partition coefficient (Wildman–Crippen LogP) is 0.235. The maximum atomic E-state index is 5.30. The molecule has 16 heavy (non-hydrogen) atoms. The number of hydrogen-bond acceptors (Lipinski definition) is 6. The summed E-state index contributed by atoms with van der Waals surface area (Å²) in [6.07, 6.45) is 4.50. The molecule has 0 saturated carbocycles. The monoisotopic (exact) mass is 223 g/mol. The van der Waals surface area contributed by atoms with Crippen LogP contribution in [0.25, 0.3) is 0 Å². The van der Waals surface area contributed by atoms with Gasteiger partial charge in [-0.05, 0) is 6.42 Å². The third kappa shape index (κ3) is 2.40. The van der Waals surface area contributed by atoms with E-state index in [1.165, 1.54) is 0 Å². The van der Waals surface area contributed by atoms with Crippen LogP contribution in [0, 0.1) is 5.92 Å². The zero-order valence-electron chi connectivity index (χ0n) is 9.39. The fourth-order valence-corrected chi connectivity index (χ4v) is 1.99. The third-order valence-corrected chi connectivity index (χ3v) is 2.78. The molecule has 1 aliphatic rings. The van der Waals surface area contributed by atoms with Gasteiger partial charge in [-0.2, -0.15) is 0 Å². The summed E-state index contributed by atoms with van der Waals surface area (Å²) in [5.41, 5.74) is 2.50. The maximum Gasteiger partial charge on any atom is 0.160 e. The molecule has 2 rings (SSSR count). The van der Waals surface area contributed by atoms with E-state index in [-0.39, 0.29) is 0 Å². The van der Waals surface area contributed by atoms with E-state index in [4.69, 9.17) is 10.6 Å². The number of nitrogens with zero attached hydrogens (tertiary/aromatic N) is 3. The number of nitrogens with two attached hydrogens (primary N) is 1. The van der Waals surface area contributed by atoms with Crippen molar-refractivity contribution in [2.45, 2.75) is 6.42 Å². The highest BCUT2D eigenvalue weighted by Crippen LogP contribution is 2.22. The van der Waals surface area contributed by atoms with Crippen molar-refractivity contribution < 1.29 is 4.74 Å². The summed E-state index contributed by atoms with van der Waals surface area (Å²) in [7, 11) is 1.74. The Bertz CT molecular complexity index is 346. The first-order valence-electron chi connectivity index (χ1n) is 5.36. The molecule has 6 nitrogen and oxygen atoms in total. The van der Waals surface area contributed by atoms with E-state index in [0.29, 0.717) is 11.7 Å². The van der Waals surface area contributed by atoms with Crippen LogP contribution in [0.2, 0.25) is 0 Å². The van der Waals surface area contributed by atoms with E-state index < -0.39 is 0 Å². The highest BCUT2D eigenvalue weighted by Gasteiger charge is 2.23. The van der Waals surface area contributed by atoms with Crippen LogP contribution in [0.1, 0.15) is 6.42 Å². The van der Waals surface area contributed by atoms with Crippen molar-refractivity contribution in [1.29, 1.82) is 0 Å². The van der Waals surface area contributed by atoms with E-state index in [9.17, 15) is 0 Å². The van der Waals surface area contributed by atoms with Crippen molar-refractivity contribution in [2.75, 3.05) is 37.1 Å². The lowest BCUT2D eigenvalue weighted by atomic mass is 10.1. The zero-order chi connectivity index (χ0) is 11.4. The first-order valence-corrected chi connectivity index (χ1v) is 5.36. The number of nitrogens with one attached hydrogen (secondary N) is 1. The van der Waals surface area contributed by atoms with Gasteiger partial charge in [0.1, 0.15) is 5.82 Å². The predicted molar refractivity (Wildman–Crippen MR) is 62.0 cm³/mol. The average molecular weight is 223 g/mol. The number of nitrogen functional groups attached to an aromatic ring is 1. The van der Waals surface area contributed by atoms with Gasteiger partial charge in [-0.25, -0.2) is 10.8 Å². The highest BCUT2D eigenvalue weighted by atomic mass is 16.5. The van der Waals surface area contributed by atoms with Crippen molar-refractivity contribution in [3.63, 3.8) is 0 Å². The van der Waals surface area contributed by atoms with E-state index in [1.54, 1.807) is 19.5 Å². The molecule has 1 atom stereocenters. The lowest BCUT2D eigenvalue weighted by Gasteiger charge is -2.17. The van der Waals surface area contributed by atoms with Gasteiger partial charge < -0.3 is 15.1 Å². The number of rotatable bonds is 4. The molecule has 2 heterocycles. The molecule has 1 aromatic heterocycles. The quantitative estimate of drug-likeness (QED) is 0.562. The normalized spacial score (nSPS) is 20.1. The fourth-order valence-electron chi connectivity index (χ4n) is 1.99. The lowest BCUT2D eigenvalue weighted by Crippen LogP contribution is -2.23. The second-order valence-electron chi connectivity index (χ2n) is 3.96. The van der Waals surface area contributed by atoms with Gasteiger partial charge in [-0.3, -0.25) is 4.98 Å². The molecule has 0 bridgehead atoms. The zero-order valence-corrected chi connectivity index (χ0v) is 9.39. The molecule has 0 aliphatic carbocycles. The van der Waals surface area contributed by atoms with Crippen LogP contribution >= 0.6 is 0 Å². The Labute approximate surface area is 94.8 Å². The summed E-state index contributed by atoms with van der Waals surface area (Å²) >= 11 is 0. The van der Waals surface area contributed by atoms with Gasteiger partial charge in [-0.1, -0.05) is 0 Å². The minimum absolute atomic E-state index is 0.585. The standard InChI is InChI=1S/C10H17N5O/c1-16-7-8-2-3-15(6-8)10-5-12-4-9(13-10)14-11/h4-5,8H,2-3,6-7,11H2,1H3,(H,13,14). The molecule has 0 radical (unpaired) electrons. The molecule has 1 unspecified atom stereocenters. The van der Waals surface area contributed by atoms with Gasteiger partial charge in [0.25, 0.3) is 0 Å². The summed E-state index contributed by atoms with van der Waals surface area (Å²) in [5.74, 6) is 7.35. The molecule has 6 heteroatoms. The van der Waals surface area contributed by atoms with Crippen molar-refractivity contribution in [3.8, 4) is 0 Å². The number of aromatic nitrogens is 2. The van der Waals surface area contributed by atoms with Crippen LogP contribution in [0.15, 0.2) is 12.4 Å².